The molecule has 1 atom stereocenters. The number of aryl methyl sites for hydroxylation is 1. The zero-order valence-corrected chi connectivity index (χ0v) is 19.1. The van der Waals surface area contributed by atoms with Crippen LogP contribution in [0.1, 0.15) is 22.7 Å². The minimum absolute atomic E-state index is 0.0398. The predicted octanol–water partition coefficient (Wildman–Crippen LogP) is 5.29. The molecule has 0 aromatic heterocycles. The number of aliphatic hydroxyl groups excluding tert-OH is 1. The molecular formula is C26H22ClNO5. The lowest BCUT2D eigenvalue weighted by Gasteiger charge is -2.26. The van der Waals surface area contributed by atoms with Gasteiger partial charge in [-0.2, -0.15) is 0 Å². The van der Waals surface area contributed by atoms with Gasteiger partial charge < -0.3 is 14.6 Å². The third-order valence-electron chi connectivity index (χ3n) is 5.57. The summed E-state index contributed by atoms with van der Waals surface area (Å²) in [6.07, 6.45) is 0. The maximum atomic E-state index is 13.3. The van der Waals surface area contributed by atoms with Crippen molar-refractivity contribution in [3.05, 3.63) is 94.0 Å². The van der Waals surface area contributed by atoms with Crippen molar-refractivity contribution in [1.82, 2.24) is 0 Å². The largest absolute Gasteiger partial charge is 0.507 e. The molecule has 168 valence electrons. The van der Waals surface area contributed by atoms with Gasteiger partial charge in [0, 0.05) is 10.7 Å². The molecule has 1 N–H and O–H groups in total. The third kappa shape index (κ3) is 4.05. The van der Waals surface area contributed by atoms with Crippen molar-refractivity contribution in [2.45, 2.75) is 13.0 Å². The molecule has 6 nitrogen and oxygen atoms in total. The van der Waals surface area contributed by atoms with Crippen LogP contribution in [0, 0.1) is 6.92 Å². The van der Waals surface area contributed by atoms with Crippen molar-refractivity contribution in [1.29, 1.82) is 0 Å². The van der Waals surface area contributed by atoms with Crippen LogP contribution in [-0.4, -0.2) is 31.0 Å². The van der Waals surface area contributed by atoms with E-state index in [9.17, 15) is 14.7 Å². The molecule has 33 heavy (non-hydrogen) atoms. The third-order valence-corrected chi connectivity index (χ3v) is 5.80. The van der Waals surface area contributed by atoms with E-state index < -0.39 is 17.7 Å². The SMILES string of the molecule is COc1ccc(N2C(=O)C(=O)/C(=C(/O)c3cc(Cl)ccc3OC)C2c2cccc(C)c2)cc1. The van der Waals surface area contributed by atoms with Gasteiger partial charge in [-0.25, -0.2) is 0 Å². The molecule has 3 aromatic rings. The lowest BCUT2D eigenvalue weighted by Crippen LogP contribution is -2.29. The molecule has 0 aliphatic carbocycles. The van der Waals surface area contributed by atoms with Crippen LogP contribution < -0.4 is 14.4 Å². The minimum atomic E-state index is -0.845. The Bertz CT molecular complexity index is 1270. The molecule has 0 saturated carbocycles. The Labute approximate surface area is 196 Å². The number of aliphatic hydroxyl groups is 1. The molecule has 4 rings (SSSR count). The van der Waals surface area contributed by atoms with Crippen molar-refractivity contribution >= 4 is 34.7 Å². The first-order valence-electron chi connectivity index (χ1n) is 10.2. The number of benzene rings is 3. The fourth-order valence-corrected chi connectivity index (χ4v) is 4.18. The first-order valence-corrected chi connectivity index (χ1v) is 10.6. The molecular weight excluding hydrogens is 442 g/mol. The van der Waals surface area contributed by atoms with Gasteiger partial charge >= 0.3 is 0 Å². The van der Waals surface area contributed by atoms with Crippen molar-refractivity contribution in [3.8, 4) is 11.5 Å². The Morgan fingerprint density at radius 1 is 0.970 bits per heavy atom. The van der Waals surface area contributed by atoms with E-state index >= 15 is 0 Å². The van der Waals surface area contributed by atoms with Gasteiger partial charge in [0.25, 0.3) is 11.7 Å². The minimum Gasteiger partial charge on any atom is -0.507 e. The molecule has 0 bridgehead atoms. The Hall–Kier alpha value is -3.77. The van der Waals surface area contributed by atoms with Crippen LogP contribution in [0.2, 0.25) is 5.02 Å². The number of nitrogens with zero attached hydrogens (tertiary/aromatic N) is 1. The second kappa shape index (κ2) is 9.00. The fraction of sp³-hybridized carbons (Fsp3) is 0.154. The standard InChI is InChI=1S/C26H22ClNO5/c1-15-5-4-6-16(13-15)23-22(24(29)20-14-17(27)7-12-21(20)33-3)25(30)26(31)28(23)18-8-10-19(32-2)11-9-18/h4-14,23,29H,1-3H3/b24-22+. The molecule has 1 saturated heterocycles. The van der Waals surface area contributed by atoms with Crippen molar-refractivity contribution < 1.29 is 24.2 Å². The summed E-state index contributed by atoms with van der Waals surface area (Å²) in [5.41, 5.74) is 2.33. The van der Waals surface area contributed by atoms with Gasteiger partial charge in [0.1, 0.15) is 17.3 Å². The van der Waals surface area contributed by atoms with E-state index in [0.717, 1.165) is 5.56 Å². The summed E-state index contributed by atoms with van der Waals surface area (Å²) in [5, 5.41) is 11.7. The highest BCUT2D eigenvalue weighted by atomic mass is 35.5. The Balaban J connectivity index is 1.97. The number of methoxy groups -OCH3 is 2. The van der Waals surface area contributed by atoms with E-state index in [1.807, 2.05) is 31.2 Å². The lowest BCUT2D eigenvalue weighted by atomic mass is 9.94. The Morgan fingerprint density at radius 2 is 1.70 bits per heavy atom. The van der Waals surface area contributed by atoms with Crippen LogP contribution in [-0.2, 0) is 9.59 Å². The van der Waals surface area contributed by atoms with E-state index in [4.69, 9.17) is 21.1 Å². The monoisotopic (exact) mass is 463 g/mol. The number of rotatable bonds is 5. The quantitative estimate of drug-likeness (QED) is 0.316. The maximum absolute atomic E-state index is 13.3. The average Bonchev–Trinajstić information content (AvgIpc) is 3.09. The number of anilines is 1. The molecule has 1 amide bonds. The summed E-state index contributed by atoms with van der Waals surface area (Å²) in [7, 11) is 3.00. The van der Waals surface area contributed by atoms with Gasteiger partial charge in [0.05, 0.1) is 31.4 Å². The zero-order chi connectivity index (χ0) is 23.7. The number of halogens is 1. The van der Waals surface area contributed by atoms with Gasteiger partial charge in [0.15, 0.2) is 0 Å². The van der Waals surface area contributed by atoms with E-state index in [-0.39, 0.29) is 16.9 Å². The van der Waals surface area contributed by atoms with Crippen LogP contribution in [0.25, 0.3) is 5.76 Å². The number of ketones is 1. The molecule has 0 radical (unpaired) electrons. The van der Waals surface area contributed by atoms with E-state index in [0.29, 0.717) is 27.8 Å². The zero-order valence-electron chi connectivity index (χ0n) is 18.3. The molecule has 1 unspecified atom stereocenters. The number of hydrogen-bond acceptors (Lipinski definition) is 5. The molecule has 7 heteroatoms. The topological polar surface area (TPSA) is 76.1 Å². The van der Waals surface area contributed by atoms with Crippen LogP contribution >= 0.6 is 11.6 Å². The number of amides is 1. The van der Waals surface area contributed by atoms with Crippen LogP contribution in [0.15, 0.2) is 72.3 Å². The molecule has 3 aromatic carbocycles. The van der Waals surface area contributed by atoms with E-state index in [2.05, 4.69) is 0 Å². The first kappa shape index (κ1) is 22.4. The number of ether oxygens (including phenoxy) is 2. The average molecular weight is 464 g/mol. The van der Waals surface area contributed by atoms with E-state index in [1.165, 1.54) is 18.1 Å². The Kier molecular flexibility index (Phi) is 6.11. The summed E-state index contributed by atoms with van der Waals surface area (Å²) in [6.45, 7) is 1.92. The van der Waals surface area contributed by atoms with Gasteiger partial charge in [-0.05, 0) is 55.0 Å². The van der Waals surface area contributed by atoms with Gasteiger partial charge in [-0.15, -0.1) is 0 Å². The van der Waals surface area contributed by atoms with Crippen molar-refractivity contribution in [2.24, 2.45) is 0 Å². The van der Waals surface area contributed by atoms with Crippen LogP contribution in [0.4, 0.5) is 5.69 Å². The van der Waals surface area contributed by atoms with Crippen molar-refractivity contribution in [2.75, 3.05) is 19.1 Å². The van der Waals surface area contributed by atoms with Gasteiger partial charge in [-0.1, -0.05) is 41.4 Å². The molecule has 0 spiro atoms. The summed E-state index contributed by atoms with van der Waals surface area (Å²) in [4.78, 5) is 27.9. The normalized spacial score (nSPS) is 17.3. The molecule has 1 aliphatic rings. The molecule has 1 heterocycles. The van der Waals surface area contributed by atoms with Crippen LogP contribution in [0.5, 0.6) is 11.5 Å². The highest BCUT2D eigenvalue weighted by molar-refractivity contribution is 6.51. The number of carbonyl (C=O) groups is 2. The second-order valence-corrected chi connectivity index (χ2v) is 8.06. The maximum Gasteiger partial charge on any atom is 0.300 e. The highest BCUT2D eigenvalue weighted by Crippen LogP contribution is 2.44. The van der Waals surface area contributed by atoms with Gasteiger partial charge in [0.2, 0.25) is 0 Å². The number of Topliss-reactive ketones (excluding diaryl/α,β-unsaturated/α-hetero) is 1. The van der Waals surface area contributed by atoms with Crippen molar-refractivity contribution in [3.63, 3.8) is 0 Å². The number of carbonyl (C=O) groups excluding carboxylic acids is 2. The van der Waals surface area contributed by atoms with Crippen LogP contribution in [0.3, 0.4) is 0 Å². The smallest absolute Gasteiger partial charge is 0.300 e. The molecule has 1 fully saturated rings. The summed E-state index contributed by atoms with van der Waals surface area (Å²) >= 11 is 6.15. The first-order chi connectivity index (χ1) is 15.8. The lowest BCUT2D eigenvalue weighted by molar-refractivity contribution is -0.132. The fourth-order valence-electron chi connectivity index (χ4n) is 4.01. The predicted molar refractivity (Wildman–Crippen MR) is 127 cm³/mol. The second-order valence-electron chi connectivity index (χ2n) is 7.63. The van der Waals surface area contributed by atoms with Gasteiger partial charge in [-0.3, -0.25) is 14.5 Å². The highest BCUT2D eigenvalue weighted by Gasteiger charge is 2.47. The Morgan fingerprint density at radius 3 is 2.33 bits per heavy atom. The summed E-state index contributed by atoms with van der Waals surface area (Å²) in [5.74, 6) is -0.942. The van der Waals surface area contributed by atoms with E-state index in [1.54, 1.807) is 43.5 Å². The molecule has 1 aliphatic heterocycles. The summed E-state index contributed by atoms with van der Waals surface area (Å²) in [6, 6.07) is 18.2. The number of hydrogen-bond donors (Lipinski definition) is 1. The summed E-state index contributed by atoms with van der Waals surface area (Å²) < 4.78 is 10.6.